The molecule has 0 radical (unpaired) electrons. The number of methoxy groups -OCH3 is 1. The van der Waals surface area contributed by atoms with E-state index >= 15 is 0 Å². The lowest BCUT2D eigenvalue weighted by Crippen LogP contribution is -2.10. The van der Waals surface area contributed by atoms with Crippen LogP contribution in [0.15, 0.2) is 12.1 Å². The highest BCUT2D eigenvalue weighted by atomic mass is 35.5. The summed E-state index contributed by atoms with van der Waals surface area (Å²) in [5.74, 6) is 0.0641. The van der Waals surface area contributed by atoms with E-state index < -0.39 is 0 Å². The standard InChI is InChI=1S/C12H15ClFNO/c1-16-7-9-4-10(13)5-11(12(9)14)8-2-3-15-6-8/h4-5,8,15H,2-3,6-7H2,1H3. The van der Waals surface area contributed by atoms with Gasteiger partial charge in [0, 0.05) is 30.2 Å². The van der Waals surface area contributed by atoms with Crippen molar-refractivity contribution in [2.75, 3.05) is 20.2 Å². The second kappa shape index (κ2) is 5.13. The fraction of sp³-hybridized carbons (Fsp3) is 0.500. The van der Waals surface area contributed by atoms with Gasteiger partial charge in [0.25, 0.3) is 0 Å². The molecule has 2 nitrogen and oxygen atoms in total. The number of nitrogens with one attached hydrogen (secondary N) is 1. The molecule has 88 valence electrons. The second-order valence-corrected chi connectivity index (χ2v) is 4.53. The molecule has 1 fully saturated rings. The predicted octanol–water partition coefficient (Wildman–Crippen LogP) is 2.70. The van der Waals surface area contributed by atoms with Crippen molar-refractivity contribution < 1.29 is 9.13 Å². The fourth-order valence-corrected chi connectivity index (χ4v) is 2.40. The molecule has 0 bridgehead atoms. The van der Waals surface area contributed by atoms with Crippen LogP contribution in [0.5, 0.6) is 0 Å². The van der Waals surface area contributed by atoms with E-state index in [1.165, 1.54) is 0 Å². The lowest BCUT2D eigenvalue weighted by Gasteiger charge is -2.13. The molecule has 16 heavy (non-hydrogen) atoms. The van der Waals surface area contributed by atoms with Crippen molar-refractivity contribution >= 4 is 11.6 Å². The molecule has 2 rings (SSSR count). The Morgan fingerprint density at radius 2 is 2.38 bits per heavy atom. The first-order valence-electron chi connectivity index (χ1n) is 5.40. The normalized spacial score (nSPS) is 20.3. The Balaban J connectivity index is 2.35. The first-order chi connectivity index (χ1) is 7.72. The average Bonchev–Trinajstić information content (AvgIpc) is 2.76. The van der Waals surface area contributed by atoms with E-state index in [2.05, 4.69) is 5.32 Å². The van der Waals surface area contributed by atoms with Crippen molar-refractivity contribution in [3.8, 4) is 0 Å². The Morgan fingerprint density at radius 1 is 1.56 bits per heavy atom. The molecular formula is C12H15ClFNO. The van der Waals surface area contributed by atoms with Gasteiger partial charge in [-0.25, -0.2) is 4.39 Å². The van der Waals surface area contributed by atoms with Gasteiger partial charge in [-0.2, -0.15) is 0 Å². The summed E-state index contributed by atoms with van der Waals surface area (Å²) in [4.78, 5) is 0. The fourth-order valence-electron chi connectivity index (χ4n) is 2.15. The summed E-state index contributed by atoms with van der Waals surface area (Å²) >= 11 is 5.99. The smallest absolute Gasteiger partial charge is 0.132 e. The van der Waals surface area contributed by atoms with Crippen molar-refractivity contribution in [3.63, 3.8) is 0 Å². The quantitative estimate of drug-likeness (QED) is 0.882. The van der Waals surface area contributed by atoms with Crippen LogP contribution in [-0.4, -0.2) is 20.2 Å². The Labute approximate surface area is 99.7 Å². The number of halogens is 2. The summed E-state index contributed by atoms with van der Waals surface area (Å²) in [5.41, 5.74) is 1.25. The van der Waals surface area contributed by atoms with E-state index in [9.17, 15) is 4.39 Å². The first kappa shape index (κ1) is 11.8. The third-order valence-corrected chi connectivity index (χ3v) is 3.16. The Hall–Kier alpha value is -0.640. The summed E-state index contributed by atoms with van der Waals surface area (Å²) in [5, 5.41) is 3.81. The number of hydrogen-bond donors (Lipinski definition) is 1. The Bertz CT molecular complexity index is 378. The lowest BCUT2D eigenvalue weighted by molar-refractivity contribution is 0.181. The van der Waals surface area contributed by atoms with Gasteiger partial charge in [-0.3, -0.25) is 0 Å². The maximum atomic E-state index is 14.1. The highest BCUT2D eigenvalue weighted by molar-refractivity contribution is 6.30. The van der Waals surface area contributed by atoms with Crippen molar-refractivity contribution in [2.45, 2.75) is 18.9 Å². The summed E-state index contributed by atoms with van der Waals surface area (Å²) in [6.45, 7) is 2.03. The van der Waals surface area contributed by atoms with E-state index in [0.29, 0.717) is 16.1 Å². The molecule has 1 unspecified atom stereocenters. The van der Waals surface area contributed by atoms with Gasteiger partial charge in [0.1, 0.15) is 5.82 Å². The van der Waals surface area contributed by atoms with E-state index in [1.807, 2.05) is 0 Å². The first-order valence-corrected chi connectivity index (χ1v) is 5.77. The molecule has 0 saturated carbocycles. The van der Waals surface area contributed by atoms with E-state index in [1.54, 1.807) is 19.2 Å². The van der Waals surface area contributed by atoms with Crippen LogP contribution in [0, 0.1) is 5.82 Å². The third kappa shape index (κ3) is 2.37. The molecule has 1 saturated heterocycles. The second-order valence-electron chi connectivity index (χ2n) is 4.09. The highest BCUT2D eigenvalue weighted by Crippen LogP contribution is 2.29. The number of hydrogen-bond acceptors (Lipinski definition) is 2. The third-order valence-electron chi connectivity index (χ3n) is 2.94. The molecule has 1 aromatic rings. The van der Waals surface area contributed by atoms with Crippen LogP contribution in [0.3, 0.4) is 0 Å². The largest absolute Gasteiger partial charge is 0.380 e. The SMILES string of the molecule is COCc1cc(Cl)cc(C2CCNC2)c1F. The minimum atomic E-state index is -0.167. The van der Waals surface area contributed by atoms with Gasteiger partial charge in [0.15, 0.2) is 0 Å². The van der Waals surface area contributed by atoms with Crippen LogP contribution in [0.1, 0.15) is 23.5 Å². The van der Waals surface area contributed by atoms with E-state index in [0.717, 1.165) is 19.5 Å². The molecule has 0 aromatic heterocycles. The zero-order chi connectivity index (χ0) is 11.5. The van der Waals surface area contributed by atoms with Crippen molar-refractivity contribution in [1.29, 1.82) is 0 Å². The molecule has 0 spiro atoms. The lowest BCUT2D eigenvalue weighted by atomic mass is 9.96. The van der Waals surface area contributed by atoms with E-state index in [4.69, 9.17) is 16.3 Å². The molecule has 0 aliphatic carbocycles. The number of benzene rings is 1. The molecule has 4 heteroatoms. The minimum absolute atomic E-state index is 0.167. The Morgan fingerprint density at radius 3 is 3.00 bits per heavy atom. The molecule has 1 N–H and O–H groups in total. The highest BCUT2D eigenvalue weighted by Gasteiger charge is 2.22. The monoisotopic (exact) mass is 243 g/mol. The summed E-state index contributed by atoms with van der Waals surface area (Å²) in [6, 6.07) is 3.36. The summed E-state index contributed by atoms with van der Waals surface area (Å²) < 4.78 is 19.1. The van der Waals surface area contributed by atoms with Crippen LogP contribution in [0.2, 0.25) is 5.02 Å². The molecule has 1 atom stereocenters. The van der Waals surface area contributed by atoms with E-state index in [-0.39, 0.29) is 18.3 Å². The van der Waals surface area contributed by atoms with Gasteiger partial charge in [-0.15, -0.1) is 0 Å². The Kier molecular flexibility index (Phi) is 3.79. The van der Waals surface area contributed by atoms with Crippen LogP contribution >= 0.6 is 11.6 Å². The average molecular weight is 244 g/mol. The zero-order valence-corrected chi connectivity index (χ0v) is 9.98. The van der Waals surface area contributed by atoms with Crippen LogP contribution < -0.4 is 5.32 Å². The van der Waals surface area contributed by atoms with Crippen LogP contribution in [0.4, 0.5) is 4.39 Å². The number of rotatable bonds is 3. The van der Waals surface area contributed by atoms with Crippen LogP contribution in [0.25, 0.3) is 0 Å². The molecule has 0 amide bonds. The maximum Gasteiger partial charge on any atom is 0.132 e. The van der Waals surface area contributed by atoms with Crippen molar-refractivity contribution in [3.05, 3.63) is 34.1 Å². The van der Waals surface area contributed by atoms with Crippen molar-refractivity contribution in [1.82, 2.24) is 5.32 Å². The maximum absolute atomic E-state index is 14.1. The minimum Gasteiger partial charge on any atom is -0.380 e. The summed E-state index contributed by atoms with van der Waals surface area (Å²) in [7, 11) is 1.55. The summed E-state index contributed by atoms with van der Waals surface area (Å²) in [6.07, 6.45) is 0.962. The van der Waals surface area contributed by atoms with Gasteiger partial charge >= 0.3 is 0 Å². The molecule has 1 aliphatic rings. The zero-order valence-electron chi connectivity index (χ0n) is 9.22. The van der Waals surface area contributed by atoms with Gasteiger partial charge in [-0.05, 0) is 30.7 Å². The molecule has 1 aliphatic heterocycles. The van der Waals surface area contributed by atoms with Crippen LogP contribution in [-0.2, 0) is 11.3 Å². The predicted molar refractivity (Wildman–Crippen MR) is 62.4 cm³/mol. The topological polar surface area (TPSA) is 21.3 Å². The van der Waals surface area contributed by atoms with Crippen molar-refractivity contribution in [2.24, 2.45) is 0 Å². The molecule has 1 aromatic carbocycles. The molecule has 1 heterocycles. The molecular weight excluding hydrogens is 229 g/mol. The van der Waals surface area contributed by atoms with Gasteiger partial charge in [0.2, 0.25) is 0 Å². The van der Waals surface area contributed by atoms with Gasteiger partial charge in [0.05, 0.1) is 6.61 Å². The van der Waals surface area contributed by atoms with Gasteiger partial charge in [-0.1, -0.05) is 11.6 Å². The van der Waals surface area contributed by atoms with Gasteiger partial charge < -0.3 is 10.1 Å². The number of ether oxygens (including phenoxy) is 1.